The molecule has 106 valence electrons. The summed E-state index contributed by atoms with van der Waals surface area (Å²) < 4.78 is 1.05. The summed E-state index contributed by atoms with van der Waals surface area (Å²) in [6.45, 7) is 7.85. The second-order valence-electron chi connectivity index (χ2n) is 6.28. The smallest absolute Gasteiger partial charge is 0.0515 e. The van der Waals surface area contributed by atoms with Crippen molar-refractivity contribution in [2.24, 2.45) is 5.73 Å². The highest BCUT2D eigenvalue weighted by Crippen LogP contribution is 2.39. The molecule has 1 fully saturated rings. The zero-order chi connectivity index (χ0) is 14.2. The van der Waals surface area contributed by atoms with Crippen molar-refractivity contribution in [1.29, 1.82) is 0 Å². The Labute approximate surface area is 129 Å². The number of rotatable bonds is 1. The molecule has 0 saturated carbocycles. The largest absolute Gasteiger partial charge is 0.326 e. The number of likely N-dealkylation sites (tertiary alicyclic amines) is 1. The molecule has 1 saturated heterocycles. The first-order valence-electron chi connectivity index (χ1n) is 6.78. The predicted octanol–water partition coefficient (Wildman–Crippen LogP) is 4.37. The molecule has 1 aliphatic rings. The van der Waals surface area contributed by atoms with Crippen LogP contribution < -0.4 is 5.73 Å². The fraction of sp³-hybridized carbons (Fsp3) is 0.600. The van der Waals surface area contributed by atoms with Gasteiger partial charge in [-0.1, -0.05) is 33.6 Å². The maximum absolute atomic E-state index is 6.41. The molecule has 1 aromatic carbocycles. The standard InChI is InChI=1S/C15H22BrClN2/c1-15(2,3)19-8-4-5-13(18)14(19)11-7-6-10(17)9-12(11)16/h6-7,9,13-14H,4-5,8,18H2,1-3H3. The molecular formula is C15H22BrClN2. The summed E-state index contributed by atoms with van der Waals surface area (Å²) in [6, 6.07) is 6.43. The van der Waals surface area contributed by atoms with Crippen LogP contribution in [0, 0.1) is 0 Å². The van der Waals surface area contributed by atoms with Gasteiger partial charge in [0.25, 0.3) is 0 Å². The molecule has 2 rings (SSSR count). The van der Waals surface area contributed by atoms with Gasteiger partial charge < -0.3 is 5.73 Å². The molecule has 2 nitrogen and oxygen atoms in total. The van der Waals surface area contributed by atoms with Crippen LogP contribution in [0.15, 0.2) is 22.7 Å². The van der Waals surface area contributed by atoms with Crippen LogP contribution in [0.25, 0.3) is 0 Å². The number of halogens is 2. The first-order valence-corrected chi connectivity index (χ1v) is 7.95. The first kappa shape index (κ1) is 15.3. The molecule has 2 atom stereocenters. The quantitative estimate of drug-likeness (QED) is 0.819. The maximum atomic E-state index is 6.41. The minimum Gasteiger partial charge on any atom is -0.326 e. The Morgan fingerprint density at radius 2 is 2.05 bits per heavy atom. The third-order valence-electron chi connectivity index (χ3n) is 3.82. The second kappa shape index (κ2) is 5.72. The van der Waals surface area contributed by atoms with E-state index < -0.39 is 0 Å². The second-order valence-corrected chi connectivity index (χ2v) is 7.57. The van der Waals surface area contributed by atoms with Gasteiger partial charge in [-0.2, -0.15) is 0 Å². The highest BCUT2D eigenvalue weighted by atomic mass is 79.9. The van der Waals surface area contributed by atoms with Crippen molar-refractivity contribution in [1.82, 2.24) is 4.90 Å². The van der Waals surface area contributed by atoms with Crippen LogP contribution in [0.3, 0.4) is 0 Å². The van der Waals surface area contributed by atoms with Gasteiger partial charge in [0, 0.05) is 21.1 Å². The normalized spacial score (nSPS) is 25.6. The first-order chi connectivity index (χ1) is 8.80. The van der Waals surface area contributed by atoms with E-state index in [1.54, 1.807) is 0 Å². The van der Waals surface area contributed by atoms with Crippen molar-refractivity contribution >= 4 is 27.5 Å². The summed E-state index contributed by atoms with van der Waals surface area (Å²) in [4.78, 5) is 2.51. The van der Waals surface area contributed by atoms with Gasteiger partial charge in [0.05, 0.1) is 6.04 Å². The molecule has 0 spiro atoms. The van der Waals surface area contributed by atoms with Crippen LogP contribution in [-0.4, -0.2) is 23.0 Å². The average molecular weight is 346 g/mol. The van der Waals surface area contributed by atoms with Crippen molar-refractivity contribution in [3.63, 3.8) is 0 Å². The lowest BCUT2D eigenvalue weighted by atomic mass is 9.87. The van der Waals surface area contributed by atoms with Gasteiger partial charge in [0.2, 0.25) is 0 Å². The summed E-state index contributed by atoms with van der Waals surface area (Å²) >= 11 is 9.68. The molecule has 4 heteroatoms. The number of nitrogens with zero attached hydrogens (tertiary/aromatic N) is 1. The summed E-state index contributed by atoms with van der Waals surface area (Å²) in [5.74, 6) is 0. The van der Waals surface area contributed by atoms with E-state index in [0.29, 0.717) is 0 Å². The molecule has 1 heterocycles. The van der Waals surface area contributed by atoms with Crippen molar-refractivity contribution in [3.05, 3.63) is 33.3 Å². The fourth-order valence-corrected chi connectivity index (χ4v) is 3.84. The Morgan fingerprint density at radius 1 is 1.37 bits per heavy atom. The average Bonchev–Trinajstić information content (AvgIpc) is 2.28. The lowest BCUT2D eigenvalue weighted by Crippen LogP contribution is -2.53. The Balaban J connectivity index is 2.42. The zero-order valence-corrected chi connectivity index (χ0v) is 14.1. The topological polar surface area (TPSA) is 29.3 Å². The van der Waals surface area contributed by atoms with Crippen LogP contribution in [0.5, 0.6) is 0 Å². The maximum Gasteiger partial charge on any atom is 0.0515 e. The van der Waals surface area contributed by atoms with Crippen molar-refractivity contribution in [2.75, 3.05) is 6.54 Å². The molecule has 19 heavy (non-hydrogen) atoms. The Morgan fingerprint density at radius 3 is 2.63 bits per heavy atom. The van der Waals surface area contributed by atoms with Gasteiger partial charge in [-0.25, -0.2) is 0 Å². The Bertz CT molecular complexity index is 456. The van der Waals surface area contributed by atoms with Crippen molar-refractivity contribution in [2.45, 2.75) is 51.2 Å². The van der Waals surface area contributed by atoms with E-state index in [9.17, 15) is 0 Å². The molecule has 0 radical (unpaired) electrons. The van der Waals surface area contributed by atoms with Gasteiger partial charge in [-0.3, -0.25) is 4.90 Å². The van der Waals surface area contributed by atoms with E-state index in [2.05, 4.69) is 47.7 Å². The summed E-state index contributed by atoms with van der Waals surface area (Å²) in [6.07, 6.45) is 2.24. The highest BCUT2D eigenvalue weighted by Gasteiger charge is 2.37. The molecular weight excluding hydrogens is 324 g/mol. The van der Waals surface area contributed by atoms with Crippen LogP contribution in [0.1, 0.15) is 45.2 Å². The molecule has 1 aromatic rings. The van der Waals surface area contributed by atoms with Gasteiger partial charge in [0.15, 0.2) is 0 Å². The lowest BCUT2D eigenvalue weighted by Gasteiger charge is -2.47. The van der Waals surface area contributed by atoms with Gasteiger partial charge in [-0.05, 0) is 57.9 Å². The minimum absolute atomic E-state index is 0.113. The number of hydrogen-bond donors (Lipinski definition) is 1. The number of benzene rings is 1. The van der Waals surface area contributed by atoms with Crippen LogP contribution in [0.2, 0.25) is 5.02 Å². The SMILES string of the molecule is CC(C)(C)N1CCCC(N)C1c1ccc(Cl)cc1Br. The van der Waals surface area contributed by atoms with E-state index in [-0.39, 0.29) is 17.6 Å². The van der Waals surface area contributed by atoms with Crippen LogP contribution in [-0.2, 0) is 0 Å². The Kier molecular flexibility index (Phi) is 4.61. The van der Waals surface area contributed by atoms with Crippen LogP contribution in [0.4, 0.5) is 0 Å². The number of piperidine rings is 1. The third-order valence-corrected chi connectivity index (χ3v) is 4.74. The lowest BCUT2D eigenvalue weighted by molar-refractivity contribution is 0.0381. The van der Waals surface area contributed by atoms with Crippen molar-refractivity contribution in [3.8, 4) is 0 Å². The summed E-state index contributed by atoms with van der Waals surface area (Å²) in [7, 11) is 0. The molecule has 2 N–H and O–H groups in total. The van der Waals surface area contributed by atoms with E-state index in [4.69, 9.17) is 17.3 Å². The van der Waals surface area contributed by atoms with E-state index in [0.717, 1.165) is 22.5 Å². The highest BCUT2D eigenvalue weighted by molar-refractivity contribution is 9.10. The number of nitrogens with two attached hydrogens (primary N) is 1. The summed E-state index contributed by atoms with van der Waals surface area (Å²) in [5.41, 5.74) is 7.76. The molecule has 0 amide bonds. The number of hydrogen-bond acceptors (Lipinski definition) is 2. The van der Waals surface area contributed by atoms with E-state index in [1.165, 1.54) is 12.0 Å². The molecule has 2 unspecified atom stereocenters. The van der Waals surface area contributed by atoms with E-state index in [1.807, 2.05) is 12.1 Å². The third kappa shape index (κ3) is 3.33. The molecule has 0 bridgehead atoms. The van der Waals surface area contributed by atoms with Crippen LogP contribution >= 0.6 is 27.5 Å². The van der Waals surface area contributed by atoms with Gasteiger partial charge in [-0.15, -0.1) is 0 Å². The minimum atomic E-state index is 0.113. The fourth-order valence-electron chi connectivity index (χ4n) is 2.92. The summed E-state index contributed by atoms with van der Waals surface area (Å²) in [5, 5.41) is 0.752. The molecule has 1 aliphatic heterocycles. The van der Waals surface area contributed by atoms with E-state index >= 15 is 0 Å². The Hall–Kier alpha value is -0.0900. The van der Waals surface area contributed by atoms with Crippen molar-refractivity contribution < 1.29 is 0 Å². The predicted molar refractivity (Wildman–Crippen MR) is 85.6 cm³/mol. The monoisotopic (exact) mass is 344 g/mol. The van der Waals surface area contributed by atoms with Gasteiger partial charge in [0.1, 0.15) is 0 Å². The van der Waals surface area contributed by atoms with Gasteiger partial charge >= 0.3 is 0 Å². The zero-order valence-electron chi connectivity index (χ0n) is 11.8. The molecule has 0 aliphatic carbocycles. The molecule has 0 aromatic heterocycles.